The van der Waals surface area contributed by atoms with Gasteiger partial charge in [0.05, 0.1) is 4.91 Å². The molecule has 1 saturated carbocycles. The number of amides is 2. The molecule has 1 rings (SSSR count). The first kappa shape index (κ1) is 8.96. The Hall–Kier alpha value is -1.13. The van der Waals surface area contributed by atoms with Gasteiger partial charge in [-0.3, -0.25) is 0 Å². The van der Waals surface area contributed by atoms with Crippen LogP contribution >= 0.6 is 0 Å². The number of nitrogens with two attached hydrogens (primary N) is 1. The van der Waals surface area contributed by atoms with E-state index in [-0.39, 0.29) is 6.04 Å². The van der Waals surface area contributed by atoms with Gasteiger partial charge in [-0.2, -0.15) is 0 Å². The summed E-state index contributed by atoms with van der Waals surface area (Å²) >= 11 is 0. The molecule has 0 radical (unpaired) electrons. The number of hydrogen-bond acceptors (Lipinski definition) is 2. The van der Waals surface area contributed by atoms with E-state index in [0.29, 0.717) is 4.87 Å². The Labute approximate surface area is 70.8 Å². The molecule has 0 saturated heterocycles. The van der Waals surface area contributed by atoms with Crippen molar-refractivity contribution in [1.82, 2.24) is 5.43 Å². The summed E-state index contributed by atoms with van der Waals surface area (Å²) < 4.78 is 0. The normalized spacial score (nSPS) is 18.7. The molecule has 0 aromatic carbocycles. The summed E-state index contributed by atoms with van der Waals surface area (Å²) in [5.74, 6) is 0. The third kappa shape index (κ3) is 2.48. The number of urea groups is 1. The van der Waals surface area contributed by atoms with E-state index >= 15 is 0 Å². The van der Waals surface area contributed by atoms with Crippen LogP contribution in [0.25, 0.3) is 0 Å². The molecule has 0 bridgehead atoms. The van der Waals surface area contributed by atoms with Crippen molar-refractivity contribution in [1.29, 1.82) is 0 Å². The lowest BCUT2D eigenvalue weighted by Crippen LogP contribution is -2.43. The first-order valence-corrected chi connectivity index (χ1v) is 4.22. The van der Waals surface area contributed by atoms with Crippen LogP contribution in [0.2, 0.25) is 0 Å². The second-order valence-electron chi connectivity index (χ2n) is 3.09. The number of hydrazine groups is 1. The van der Waals surface area contributed by atoms with Crippen molar-refractivity contribution in [2.24, 2.45) is 5.73 Å². The summed E-state index contributed by atoms with van der Waals surface area (Å²) in [6.45, 7) is 0. The number of nitrogens with one attached hydrogen (secondary N) is 1. The first-order valence-electron chi connectivity index (χ1n) is 4.22. The lowest BCUT2D eigenvalue weighted by molar-refractivity contribution is -0.630. The smallest absolute Gasteiger partial charge is 0.347 e. The zero-order valence-corrected chi connectivity index (χ0v) is 6.95. The van der Waals surface area contributed by atoms with E-state index < -0.39 is 6.03 Å². The third-order valence-electron chi connectivity index (χ3n) is 2.13. The van der Waals surface area contributed by atoms with Gasteiger partial charge in [0, 0.05) is 12.8 Å². The molecule has 0 heterocycles. The fraction of sp³-hybridized carbons (Fsp3) is 0.857. The van der Waals surface area contributed by atoms with Gasteiger partial charge in [-0.05, 0) is 12.8 Å². The molecule has 5 nitrogen and oxygen atoms in total. The van der Waals surface area contributed by atoms with Crippen LogP contribution in [0, 0.1) is 4.91 Å². The van der Waals surface area contributed by atoms with Gasteiger partial charge in [0.15, 0.2) is 0 Å². The van der Waals surface area contributed by atoms with Crippen LogP contribution in [0.4, 0.5) is 4.79 Å². The van der Waals surface area contributed by atoms with E-state index in [1.165, 1.54) is 6.42 Å². The predicted molar refractivity (Wildman–Crippen MR) is 43.2 cm³/mol. The molecule has 0 unspecified atom stereocenters. The Morgan fingerprint density at radius 2 is 1.92 bits per heavy atom. The summed E-state index contributed by atoms with van der Waals surface area (Å²) in [6, 6.07) is -0.859. The zero-order valence-electron chi connectivity index (χ0n) is 6.95. The summed E-state index contributed by atoms with van der Waals surface area (Å²) in [4.78, 5) is 22.0. The fourth-order valence-electron chi connectivity index (χ4n) is 1.52. The highest BCUT2D eigenvalue weighted by atomic mass is 16.3. The molecule has 5 heteroatoms. The number of hydrogen-bond donors (Lipinski definition) is 2. The molecule has 0 aliphatic heterocycles. The van der Waals surface area contributed by atoms with Gasteiger partial charge < -0.3 is 5.73 Å². The maximum absolute atomic E-state index is 11.1. The molecule has 0 aromatic rings. The van der Waals surface area contributed by atoms with Crippen molar-refractivity contribution >= 4 is 6.03 Å². The number of nitroso groups, excluding NO2 is 1. The highest BCUT2D eigenvalue weighted by molar-refractivity contribution is 5.70. The first-order chi connectivity index (χ1) is 5.70. The van der Waals surface area contributed by atoms with Crippen LogP contribution in [-0.2, 0) is 0 Å². The standard InChI is InChI=1S/C7H13N3O2/c8-7(11)9-10(12)6-4-2-1-3-5-6/h6H,1-5H2,(H2-,8,9,11,12)/p+1. The molecular formula is C7H14N3O2+. The van der Waals surface area contributed by atoms with Gasteiger partial charge in [-0.25, -0.2) is 4.79 Å². The summed E-state index contributed by atoms with van der Waals surface area (Å²) in [7, 11) is 0. The maximum Gasteiger partial charge on any atom is 0.368 e. The van der Waals surface area contributed by atoms with Gasteiger partial charge in [0.1, 0.15) is 4.87 Å². The van der Waals surface area contributed by atoms with E-state index in [2.05, 4.69) is 0 Å². The molecule has 1 aliphatic carbocycles. The van der Waals surface area contributed by atoms with E-state index in [1.807, 2.05) is 5.43 Å². The Morgan fingerprint density at radius 1 is 1.33 bits per heavy atom. The van der Waals surface area contributed by atoms with Gasteiger partial charge in [-0.1, -0.05) is 11.8 Å². The van der Waals surface area contributed by atoms with Crippen molar-refractivity contribution in [3.8, 4) is 0 Å². The van der Waals surface area contributed by atoms with Crippen LogP contribution in [-0.4, -0.2) is 16.9 Å². The van der Waals surface area contributed by atoms with Gasteiger partial charge in [0.25, 0.3) is 0 Å². The van der Waals surface area contributed by atoms with Crippen molar-refractivity contribution < 1.29 is 9.66 Å². The average molecular weight is 172 g/mol. The largest absolute Gasteiger partial charge is 0.368 e. The van der Waals surface area contributed by atoms with Crippen molar-refractivity contribution in [2.75, 3.05) is 0 Å². The number of carbonyl (C=O) groups excluding carboxylic acids is 1. The van der Waals surface area contributed by atoms with Crippen molar-refractivity contribution in [3.05, 3.63) is 4.91 Å². The van der Waals surface area contributed by atoms with Crippen LogP contribution in [0.5, 0.6) is 0 Å². The molecule has 68 valence electrons. The molecule has 2 amide bonds. The Morgan fingerprint density at radius 3 is 2.42 bits per heavy atom. The van der Waals surface area contributed by atoms with Gasteiger partial charge in [-0.15, -0.1) is 0 Å². The Bertz CT molecular complexity index is 187. The Balaban J connectivity index is 2.34. The molecule has 0 spiro atoms. The monoisotopic (exact) mass is 172 g/mol. The second-order valence-corrected chi connectivity index (χ2v) is 3.09. The average Bonchev–Trinajstić information content (AvgIpc) is 2.05. The lowest BCUT2D eigenvalue weighted by atomic mass is 9.96. The molecule has 1 fully saturated rings. The van der Waals surface area contributed by atoms with Crippen LogP contribution in [0.3, 0.4) is 0 Å². The van der Waals surface area contributed by atoms with E-state index in [0.717, 1.165) is 25.7 Å². The molecule has 0 atom stereocenters. The van der Waals surface area contributed by atoms with Crippen LogP contribution < -0.4 is 11.2 Å². The molecule has 12 heavy (non-hydrogen) atoms. The van der Waals surface area contributed by atoms with Crippen LogP contribution in [0.15, 0.2) is 0 Å². The second kappa shape index (κ2) is 4.04. The van der Waals surface area contributed by atoms with Crippen molar-refractivity contribution in [3.63, 3.8) is 0 Å². The summed E-state index contributed by atoms with van der Waals surface area (Å²) in [5, 5.41) is 0. The summed E-state index contributed by atoms with van der Waals surface area (Å²) in [5.41, 5.74) is 6.84. The van der Waals surface area contributed by atoms with E-state index in [4.69, 9.17) is 5.73 Å². The minimum atomic E-state index is -0.782. The fourth-order valence-corrected chi connectivity index (χ4v) is 1.52. The number of primary amides is 1. The molecule has 3 N–H and O–H groups in total. The van der Waals surface area contributed by atoms with Gasteiger partial charge in [0.2, 0.25) is 6.04 Å². The predicted octanol–water partition coefficient (Wildman–Crippen LogP) is 0.681. The number of carbonyl (C=O) groups is 1. The lowest BCUT2D eigenvalue weighted by Gasteiger charge is -2.12. The maximum atomic E-state index is 11.1. The minimum absolute atomic E-state index is 0.0775. The highest BCUT2D eigenvalue weighted by Crippen LogP contribution is 2.18. The molecule has 1 aliphatic rings. The quantitative estimate of drug-likeness (QED) is 0.474. The number of rotatable bonds is 2. The van der Waals surface area contributed by atoms with E-state index in [9.17, 15) is 9.70 Å². The van der Waals surface area contributed by atoms with Crippen LogP contribution in [0.1, 0.15) is 32.1 Å². The molecule has 0 aromatic heterocycles. The minimum Gasteiger partial charge on any atom is -0.347 e. The Kier molecular flexibility index (Phi) is 3.01. The highest BCUT2D eigenvalue weighted by Gasteiger charge is 2.28. The van der Waals surface area contributed by atoms with E-state index in [1.54, 1.807) is 0 Å². The molecular weight excluding hydrogens is 158 g/mol. The zero-order chi connectivity index (χ0) is 8.97. The SMILES string of the molecule is NC(=O)N[N+](=O)C1CCCCC1. The topological polar surface area (TPSA) is 75.2 Å². The third-order valence-corrected chi connectivity index (χ3v) is 2.13. The number of nitrogens with zero attached hydrogens (tertiary/aromatic N) is 1. The van der Waals surface area contributed by atoms with Crippen molar-refractivity contribution in [2.45, 2.75) is 38.1 Å². The summed E-state index contributed by atoms with van der Waals surface area (Å²) in [6.07, 6.45) is 5.00. The van der Waals surface area contributed by atoms with Gasteiger partial charge >= 0.3 is 6.03 Å².